The second-order valence-electron chi connectivity index (χ2n) is 4.89. The van der Waals surface area contributed by atoms with Crippen LogP contribution in [0.5, 0.6) is 0 Å². The van der Waals surface area contributed by atoms with Gasteiger partial charge in [-0.1, -0.05) is 19.1 Å². The third-order valence-electron chi connectivity index (χ3n) is 3.18. The molecule has 112 valence electrons. The van der Waals surface area contributed by atoms with E-state index in [0.29, 0.717) is 25.2 Å². The van der Waals surface area contributed by atoms with Crippen LogP contribution in [-0.4, -0.2) is 31.6 Å². The van der Waals surface area contributed by atoms with Crippen molar-refractivity contribution in [2.45, 2.75) is 32.7 Å². The van der Waals surface area contributed by atoms with Gasteiger partial charge in [-0.2, -0.15) is 0 Å². The summed E-state index contributed by atoms with van der Waals surface area (Å²) in [5, 5.41) is 2.89. The van der Waals surface area contributed by atoms with Crippen LogP contribution >= 0.6 is 0 Å². The zero-order valence-electron chi connectivity index (χ0n) is 12.2. The SMILES string of the molecule is CCC(C)NC(=O)CN(CCCN)c1ccccc1F. The van der Waals surface area contributed by atoms with Gasteiger partial charge >= 0.3 is 0 Å². The molecule has 0 spiro atoms. The van der Waals surface area contributed by atoms with Crippen molar-refractivity contribution in [2.24, 2.45) is 5.73 Å². The van der Waals surface area contributed by atoms with E-state index < -0.39 is 0 Å². The molecule has 0 aliphatic carbocycles. The molecule has 0 aliphatic rings. The van der Waals surface area contributed by atoms with E-state index in [1.807, 2.05) is 13.8 Å². The lowest BCUT2D eigenvalue weighted by molar-refractivity contribution is -0.120. The Balaban J connectivity index is 2.74. The highest BCUT2D eigenvalue weighted by Gasteiger charge is 2.15. The predicted octanol–water partition coefficient (Wildman–Crippen LogP) is 1.90. The highest BCUT2D eigenvalue weighted by Crippen LogP contribution is 2.18. The van der Waals surface area contributed by atoms with Crippen LogP contribution in [-0.2, 0) is 4.79 Å². The fraction of sp³-hybridized carbons (Fsp3) is 0.533. The molecule has 4 nitrogen and oxygen atoms in total. The van der Waals surface area contributed by atoms with E-state index in [2.05, 4.69) is 5.32 Å². The molecule has 1 unspecified atom stereocenters. The highest BCUT2D eigenvalue weighted by atomic mass is 19.1. The number of halogens is 1. The predicted molar refractivity (Wildman–Crippen MR) is 80.2 cm³/mol. The number of benzene rings is 1. The molecule has 0 bridgehead atoms. The van der Waals surface area contributed by atoms with Gasteiger partial charge in [0.2, 0.25) is 5.91 Å². The van der Waals surface area contributed by atoms with Gasteiger partial charge in [-0.25, -0.2) is 4.39 Å². The van der Waals surface area contributed by atoms with Crippen molar-refractivity contribution in [3.63, 3.8) is 0 Å². The summed E-state index contributed by atoms with van der Waals surface area (Å²) < 4.78 is 13.8. The largest absolute Gasteiger partial charge is 0.360 e. The second-order valence-corrected chi connectivity index (χ2v) is 4.89. The fourth-order valence-corrected chi connectivity index (χ4v) is 1.87. The normalized spacial score (nSPS) is 12.0. The number of carbonyl (C=O) groups is 1. The number of nitrogens with one attached hydrogen (secondary N) is 1. The Bertz CT molecular complexity index is 425. The topological polar surface area (TPSA) is 58.4 Å². The second kappa shape index (κ2) is 8.53. The third-order valence-corrected chi connectivity index (χ3v) is 3.18. The number of para-hydroxylation sites is 1. The molecule has 0 saturated heterocycles. The third kappa shape index (κ3) is 5.17. The van der Waals surface area contributed by atoms with Gasteiger partial charge in [-0.15, -0.1) is 0 Å². The van der Waals surface area contributed by atoms with Crippen LogP contribution in [0.25, 0.3) is 0 Å². The molecule has 0 radical (unpaired) electrons. The molecule has 1 rings (SSSR count). The summed E-state index contributed by atoms with van der Waals surface area (Å²) in [6.45, 7) is 5.17. The molecule has 5 heteroatoms. The van der Waals surface area contributed by atoms with Gasteiger partial charge < -0.3 is 16.0 Å². The molecule has 0 fully saturated rings. The molecule has 0 aromatic heterocycles. The van der Waals surface area contributed by atoms with Crippen LogP contribution in [0.15, 0.2) is 24.3 Å². The van der Waals surface area contributed by atoms with E-state index in [9.17, 15) is 9.18 Å². The van der Waals surface area contributed by atoms with Gasteiger partial charge in [0.05, 0.1) is 12.2 Å². The fourth-order valence-electron chi connectivity index (χ4n) is 1.87. The maximum absolute atomic E-state index is 13.8. The summed E-state index contributed by atoms with van der Waals surface area (Å²) in [5.74, 6) is -0.416. The van der Waals surface area contributed by atoms with E-state index >= 15 is 0 Å². The van der Waals surface area contributed by atoms with Crippen LogP contribution in [0, 0.1) is 5.82 Å². The maximum Gasteiger partial charge on any atom is 0.239 e. The zero-order chi connectivity index (χ0) is 15.0. The Morgan fingerprint density at radius 3 is 2.75 bits per heavy atom. The average Bonchev–Trinajstić information content (AvgIpc) is 2.44. The van der Waals surface area contributed by atoms with E-state index in [1.165, 1.54) is 6.07 Å². The van der Waals surface area contributed by atoms with E-state index in [4.69, 9.17) is 5.73 Å². The van der Waals surface area contributed by atoms with Gasteiger partial charge in [0, 0.05) is 12.6 Å². The molecular formula is C15H24FN3O. The molecule has 1 aromatic rings. The number of anilines is 1. The molecular weight excluding hydrogens is 257 g/mol. The quantitative estimate of drug-likeness (QED) is 0.765. The summed E-state index contributed by atoms with van der Waals surface area (Å²) in [6.07, 6.45) is 1.58. The summed E-state index contributed by atoms with van der Waals surface area (Å²) >= 11 is 0. The smallest absolute Gasteiger partial charge is 0.239 e. The molecule has 1 aromatic carbocycles. The maximum atomic E-state index is 13.8. The molecule has 0 saturated carbocycles. The molecule has 0 heterocycles. The molecule has 1 amide bonds. The van der Waals surface area contributed by atoms with Crippen molar-refractivity contribution < 1.29 is 9.18 Å². The lowest BCUT2D eigenvalue weighted by atomic mass is 10.2. The minimum atomic E-state index is -0.319. The number of nitrogens with two attached hydrogens (primary N) is 1. The number of nitrogens with zero attached hydrogens (tertiary/aromatic N) is 1. The van der Waals surface area contributed by atoms with E-state index in [0.717, 1.165) is 6.42 Å². The van der Waals surface area contributed by atoms with Crippen LogP contribution < -0.4 is 16.0 Å². The first-order valence-electron chi connectivity index (χ1n) is 7.07. The standard InChI is InChI=1S/C15H24FN3O/c1-3-12(2)18-15(20)11-19(10-6-9-17)14-8-5-4-7-13(14)16/h4-5,7-8,12H,3,6,9-11,17H2,1-2H3,(H,18,20). The van der Waals surface area contributed by atoms with Crippen LogP contribution in [0.3, 0.4) is 0 Å². The van der Waals surface area contributed by atoms with Crippen LogP contribution in [0.2, 0.25) is 0 Å². The highest BCUT2D eigenvalue weighted by molar-refractivity contribution is 5.81. The lowest BCUT2D eigenvalue weighted by Crippen LogP contribution is -2.41. The monoisotopic (exact) mass is 281 g/mol. The minimum Gasteiger partial charge on any atom is -0.360 e. The van der Waals surface area contributed by atoms with Gasteiger partial charge in [-0.05, 0) is 38.4 Å². The minimum absolute atomic E-state index is 0.0976. The summed E-state index contributed by atoms with van der Waals surface area (Å²) in [5.41, 5.74) is 5.95. The molecule has 20 heavy (non-hydrogen) atoms. The van der Waals surface area contributed by atoms with Gasteiger partial charge in [0.15, 0.2) is 0 Å². The number of carbonyl (C=O) groups excluding carboxylic acids is 1. The number of hydrogen-bond donors (Lipinski definition) is 2. The molecule has 3 N–H and O–H groups in total. The van der Waals surface area contributed by atoms with Gasteiger partial charge in [-0.3, -0.25) is 4.79 Å². The van der Waals surface area contributed by atoms with E-state index in [1.54, 1.807) is 23.1 Å². The van der Waals surface area contributed by atoms with Crippen molar-refractivity contribution in [1.82, 2.24) is 5.32 Å². The van der Waals surface area contributed by atoms with Crippen LogP contribution in [0.1, 0.15) is 26.7 Å². The van der Waals surface area contributed by atoms with Crippen molar-refractivity contribution in [3.05, 3.63) is 30.1 Å². The first-order chi connectivity index (χ1) is 9.58. The summed E-state index contributed by atoms with van der Waals surface area (Å²) in [6, 6.07) is 6.61. The van der Waals surface area contributed by atoms with Crippen molar-refractivity contribution in [3.8, 4) is 0 Å². The average molecular weight is 281 g/mol. The summed E-state index contributed by atoms with van der Waals surface area (Å²) in [4.78, 5) is 13.7. The lowest BCUT2D eigenvalue weighted by Gasteiger charge is -2.25. The number of rotatable bonds is 8. The first kappa shape index (κ1) is 16.4. The summed E-state index contributed by atoms with van der Waals surface area (Å²) in [7, 11) is 0. The Morgan fingerprint density at radius 1 is 1.45 bits per heavy atom. The zero-order valence-corrected chi connectivity index (χ0v) is 12.2. The van der Waals surface area contributed by atoms with Crippen molar-refractivity contribution in [2.75, 3.05) is 24.5 Å². The first-order valence-corrected chi connectivity index (χ1v) is 7.07. The van der Waals surface area contributed by atoms with Gasteiger partial charge in [0.25, 0.3) is 0 Å². The Kier molecular flexibility index (Phi) is 7.01. The molecule has 0 aliphatic heterocycles. The Morgan fingerprint density at radius 2 is 2.15 bits per heavy atom. The Hall–Kier alpha value is -1.62. The van der Waals surface area contributed by atoms with E-state index in [-0.39, 0.29) is 24.3 Å². The number of amides is 1. The Labute approximate surface area is 120 Å². The molecule has 1 atom stereocenters. The van der Waals surface area contributed by atoms with Crippen molar-refractivity contribution in [1.29, 1.82) is 0 Å². The van der Waals surface area contributed by atoms with Crippen LogP contribution in [0.4, 0.5) is 10.1 Å². The number of hydrogen-bond acceptors (Lipinski definition) is 3. The van der Waals surface area contributed by atoms with Crippen molar-refractivity contribution >= 4 is 11.6 Å². The van der Waals surface area contributed by atoms with Gasteiger partial charge in [0.1, 0.15) is 5.82 Å².